The van der Waals surface area contributed by atoms with E-state index in [9.17, 15) is 0 Å². The van der Waals surface area contributed by atoms with Crippen molar-refractivity contribution in [2.45, 2.75) is 45.6 Å². The fraction of sp³-hybridized carbons (Fsp3) is 0.692. The monoisotopic (exact) mass is 217 g/mol. The number of rotatable bonds is 1. The number of nitrogens with one attached hydrogen (secondary N) is 1. The van der Waals surface area contributed by atoms with Gasteiger partial charge in [-0.25, -0.2) is 0 Å². The number of nitriles is 1. The van der Waals surface area contributed by atoms with Gasteiger partial charge in [0.1, 0.15) is 5.54 Å². The van der Waals surface area contributed by atoms with E-state index in [0.717, 1.165) is 25.1 Å². The molecule has 2 aliphatic rings. The first-order valence-electron chi connectivity index (χ1n) is 5.91. The summed E-state index contributed by atoms with van der Waals surface area (Å²) in [5.74, 6) is 0. The lowest BCUT2D eigenvalue weighted by atomic mass is 9.80. The van der Waals surface area contributed by atoms with E-state index in [0.29, 0.717) is 0 Å². The molecule has 1 saturated heterocycles. The number of hydrogen-bond donors (Lipinski definition) is 1. The van der Waals surface area contributed by atoms with Crippen LogP contribution in [0.2, 0.25) is 0 Å². The molecule has 1 atom stereocenters. The van der Waals surface area contributed by atoms with Gasteiger partial charge in [0, 0.05) is 23.4 Å². The van der Waals surface area contributed by atoms with E-state index in [1.54, 1.807) is 0 Å². The van der Waals surface area contributed by atoms with Crippen LogP contribution in [0.1, 0.15) is 40.0 Å². The Kier molecular flexibility index (Phi) is 2.53. The van der Waals surface area contributed by atoms with Gasteiger partial charge in [0.25, 0.3) is 0 Å². The summed E-state index contributed by atoms with van der Waals surface area (Å²) in [6.07, 6.45) is 5.28. The molecule has 2 aliphatic heterocycles. The second-order valence-corrected chi connectivity index (χ2v) is 5.64. The molecule has 0 spiro atoms. The molecule has 3 nitrogen and oxygen atoms in total. The summed E-state index contributed by atoms with van der Waals surface area (Å²) in [6.45, 7) is 7.32. The van der Waals surface area contributed by atoms with Gasteiger partial charge in [-0.15, -0.1) is 0 Å². The summed E-state index contributed by atoms with van der Waals surface area (Å²) in [7, 11) is 0. The van der Waals surface area contributed by atoms with Crippen LogP contribution >= 0.6 is 0 Å². The summed E-state index contributed by atoms with van der Waals surface area (Å²) >= 11 is 0. The smallest absolute Gasteiger partial charge is 0.145 e. The molecule has 2 rings (SSSR count). The van der Waals surface area contributed by atoms with Gasteiger partial charge in [0.2, 0.25) is 0 Å². The van der Waals surface area contributed by atoms with Crippen LogP contribution in [0.15, 0.2) is 16.8 Å². The van der Waals surface area contributed by atoms with Gasteiger partial charge in [-0.1, -0.05) is 13.8 Å². The van der Waals surface area contributed by atoms with E-state index in [1.165, 1.54) is 12.1 Å². The average Bonchev–Trinajstić information content (AvgIpc) is 2.75. The minimum atomic E-state index is -0.533. The van der Waals surface area contributed by atoms with Crippen molar-refractivity contribution in [3.8, 4) is 6.07 Å². The van der Waals surface area contributed by atoms with E-state index in [1.807, 2.05) is 6.92 Å². The fourth-order valence-electron chi connectivity index (χ4n) is 2.60. The molecule has 0 aliphatic carbocycles. The highest BCUT2D eigenvalue weighted by Gasteiger charge is 2.41. The highest BCUT2D eigenvalue weighted by atomic mass is 14.9. The fourth-order valence-corrected chi connectivity index (χ4v) is 2.60. The largest absolute Gasteiger partial charge is 0.388 e. The Hall–Kier alpha value is -1.30. The lowest BCUT2D eigenvalue weighted by Gasteiger charge is -2.20. The molecule has 1 fully saturated rings. The van der Waals surface area contributed by atoms with Crippen LogP contribution in [0.3, 0.4) is 0 Å². The van der Waals surface area contributed by atoms with Crippen LogP contribution in [0, 0.1) is 16.7 Å². The lowest BCUT2D eigenvalue weighted by Crippen LogP contribution is -2.23. The summed E-state index contributed by atoms with van der Waals surface area (Å²) < 4.78 is 0. The molecule has 0 aromatic rings. The van der Waals surface area contributed by atoms with Gasteiger partial charge in [0.15, 0.2) is 0 Å². The van der Waals surface area contributed by atoms with Crippen molar-refractivity contribution in [3.05, 3.63) is 11.8 Å². The highest BCUT2D eigenvalue weighted by Crippen LogP contribution is 2.39. The molecule has 3 heteroatoms. The van der Waals surface area contributed by atoms with Gasteiger partial charge in [0.05, 0.1) is 6.07 Å². The standard InChI is InChI=1S/C13H19N3/c1-12(2)8-13(3,9-14)16-11(12)7-10-5-4-6-15-10/h7,15H,4-6,8H2,1-3H3/b10-7-. The average molecular weight is 217 g/mol. The van der Waals surface area contributed by atoms with Crippen molar-refractivity contribution >= 4 is 5.71 Å². The minimum absolute atomic E-state index is 0.0156. The molecule has 0 bridgehead atoms. The zero-order valence-electron chi connectivity index (χ0n) is 10.3. The lowest BCUT2D eigenvalue weighted by molar-refractivity contribution is 0.428. The topological polar surface area (TPSA) is 48.2 Å². The maximum Gasteiger partial charge on any atom is 0.145 e. The highest BCUT2D eigenvalue weighted by molar-refractivity contribution is 6.01. The second-order valence-electron chi connectivity index (χ2n) is 5.64. The normalized spacial score (nSPS) is 34.6. The SMILES string of the molecule is CC1(C#N)CC(C)(C)C(/C=C2/CCCN2)=N1. The Morgan fingerprint density at radius 2 is 2.19 bits per heavy atom. The first kappa shape index (κ1) is 11.2. The molecule has 16 heavy (non-hydrogen) atoms. The van der Waals surface area contributed by atoms with Crippen LogP contribution in [0.5, 0.6) is 0 Å². The third-order valence-corrected chi connectivity index (χ3v) is 3.37. The Labute approximate surface area is 97.3 Å². The van der Waals surface area contributed by atoms with Crippen molar-refractivity contribution in [2.75, 3.05) is 6.54 Å². The summed E-state index contributed by atoms with van der Waals surface area (Å²) in [5, 5.41) is 12.5. The van der Waals surface area contributed by atoms with Crippen molar-refractivity contribution in [2.24, 2.45) is 10.4 Å². The van der Waals surface area contributed by atoms with Crippen LogP contribution in [-0.2, 0) is 0 Å². The number of allylic oxidation sites excluding steroid dienone is 2. The number of nitrogens with zero attached hydrogens (tertiary/aromatic N) is 2. The zero-order chi connectivity index (χ0) is 11.8. The summed E-state index contributed by atoms with van der Waals surface area (Å²) in [4.78, 5) is 4.59. The van der Waals surface area contributed by atoms with E-state index in [4.69, 9.17) is 5.26 Å². The van der Waals surface area contributed by atoms with Crippen molar-refractivity contribution in [3.63, 3.8) is 0 Å². The zero-order valence-corrected chi connectivity index (χ0v) is 10.3. The van der Waals surface area contributed by atoms with Crippen LogP contribution < -0.4 is 5.32 Å². The molecule has 0 amide bonds. The molecule has 0 aromatic heterocycles. The van der Waals surface area contributed by atoms with Crippen LogP contribution in [0.25, 0.3) is 0 Å². The van der Waals surface area contributed by atoms with E-state index in [2.05, 4.69) is 36.3 Å². The third kappa shape index (κ3) is 1.97. The molecule has 86 valence electrons. The molecule has 2 heterocycles. The van der Waals surface area contributed by atoms with Crippen molar-refractivity contribution < 1.29 is 0 Å². The van der Waals surface area contributed by atoms with E-state index >= 15 is 0 Å². The third-order valence-electron chi connectivity index (χ3n) is 3.37. The van der Waals surface area contributed by atoms with Crippen molar-refractivity contribution in [1.82, 2.24) is 5.32 Å². The van der Waals surface area contributed by atoms with Gasteiger partial charge >= 0.3 is 0 Å². The molecular weight excluding hydrogens is 198 g/mol. The maximum absolute atomic E-state index is 9.14. The maximum atomic E-state index is 9.14. The predicted octanol–water partition coefficient (Wildman–Crippen LogP) is 2.41. The van der Waals surface area contributed by atoms with Crippen LogP contribution in [0.4, 0.5) is 0 Å². The minimum Gasteiger partial charge on any atom is -0.388 e. The first-order chi connectivity index (χ1) is 7.45. The molecule has 0 aromatic carbocycles. The first-order valence-corrected chi connectivity index (χ1v) is 5.91. The molecule has 0 saturated carbocycles. The Balaban J connectivity index is 2.29. The van der Waals surface area contributed by atoms with Gasteiger partial charge in [-0.05, 0) is 32.3 Å². The second kappa shape index (κ2) is 3.62. The van der Waals surface area contributed by atoms with E-state index < -0.39 is 5.54 Å². The molecular formula is C13H19N3. The molecule has 1 unspecified atom stereocenters. The Bertz CT molecular complexity index is 390. The summed E-state index contributed by atoms with van der Waals surface area (Å²) in [6, 6.07) is 2.31. The van der Waals surface area contributed by atoms with Crippen LogP contribution in [-0.4, -0.2) is 17.8 Å². The van der Waals surface area contributed by atoms with Gasteiger partial charge in [-0.3, -0.25) is 4.99 Å². The molecule has 0 radical (unpaired) electrons. The summed E-state index contributed by atoms with van der Waals surface area (Å²) in [5.41, 5.74) is 1.82. The van der Waals surface area contributed by atoms with Crippen molar-refractivity contribution in [1.29, 1.82) is 5.26 Å². The molecule has 1 N–H and O–H groups in total. The quantitative estimate of drug-likeness (QED) is 0.733. The number of aliphatic imine (C=N–C) groups is 1. The predicted molar refractivity (Wildman–Crippen MR) is 65.2 cm³/mol. The Morgan fingerprint density at radius 3 is 2.69 bits per heavy atom. The number of hydrogen-bond acceptors (Lipinski definition) is 3. The van der Waals surface area contributed by atoms with Gasteiger partial charge < -0.3 is 5.32 Å². The Morgan fingerprint density at radius 1 is 1.44 bits per heavy atom. The van der Waals surface area contributed by atoms with Gasteiger partial charge in [-0.2, -0.15) is 5.26 Å². The van der Waals surface area contributed by atoms with E-state index in [-0.39, 0.29) is 5.41 Å².